The van der Waals surface area contributed by atoms with Crippen LogP contribution >= 0.6 is 0 Å². The minimum absolute atomic E-state index is 0.0126. The Labute approximate surface area is 122 Å². The Balaban J connectivity index is 2.09. The smallest absolute Gasteiger partial charge is 0.256 e. The van der Waals surface area contributed by atoms with Gasteiger partial charge in [-0.1, -0.05) is 42.5 Å². The molecule has 106 valence electrons. The van der Waals surface area contributed by atoms with Crippen molar-refractivity contribution in [3.8, 4) is 0 Å². The second-order valence-electron chi connectivity index (χ2n) is 4.29. The van der Waals surface area contributed by atoms with E-state index in [2.05, 4.69) is 10.4 Å². The van der Waals surface area contributed by atoms with E-state index in [-0.39, 0.29) is 17.6 Å². The normalized spacial score (nSPS) is 11.0. The van der Waals surface area contributed by atoms with Crippen LogP contribution in [0, 0.1) is 5.41 Å². The SMILES string of the molecule is N=C(NC(=O)c1ccccc1)c1ccc(/C(N)=N/N)cc1. The predicted octanol–water partition coefficient (Wildman–Crippen LogP) is 1.02. The van der Waals surface area contributed by atoms with E-state index >= 15 is 0 Å². The Morgan fingerprint density at radius 1 is 0.952 bits per heavy atom. The summed E-state index contributed by atoms with van der Waals surface area (Å²) in [6, 6.07) is 15.4. The Hall–Kier alpha value is -3.15. The maximum atomic E-state index is 11.9. The highest BCUT2D eigenvalue weighted by molar-refractivity contribution is 6.11. The van der Waals surface area contributed by atoms with Crippen LogP contribution in [0.15, 0.2) is 59.7 Å². The van der Waals surface area contributed by atoms with Gasteiger partial charge < -0.3 is 16.9 Å². The highest BCUT2D eigenvalue weighted by Crippen LogP contribution is 2.05. The minimum Gasteiger partial charge on any atom is -0.382 e. The zero-order chi connectivity index (χ0) is 15.2. The van der Waals surface area contributed by atoms with Gasteiger partial charge in [-0.2, -0.15) is 5.10 Å². The number of hydrogen-bond acceptors (Lipinski definition) is 4. The van der Waals surface area contributed by atoms with Crippen LogP contribution in [-0.2, 0) is 0 Å². The van der Waals surface area contributed by atoms with E-state index in [1.54, 1.807) is 48.5 Å². The zero-order valence-corrected chi connectivity index (χ0v) is 11.2. The van der Waals surface area contributed by atoms with E-state index < -0.39 is 0 Å². The first-order valence-electron chi connectivity index (χ1n) is 6.21. The van der Waals surface area contributed by atoms with E-state index in [9.17, 15) is 4.79 Å². The van der Waals surface area contributed by atoms with Crippen molar-refractivity contribution in [3.63, 3.8) is 0 Å². The van der Waals surface area contributed by atoms with Crippen molar-refractivity contribution in [2.75, 3.05) is 0 Å². The highest BCUT2D eigenvalue weighted by atomic mass is 16.1. The molecule has 0 unspecified atom stereocenters. The zero-order valence-electron chi connectivity index (χ0n) is 11.2. The van der Waals surface area contributed by atoms with Gasteiger partial charge in [0.05, 0.1) is 0 Å². The summed E-state index contributed by atoms with van der Waals surface area (Å²) in [5.41, 5.74) is 7.30. The topological polar surface area (TPSA) is 117 Å². The van der Waals surface area contributed by atoms with Gasteiger partial charge in [-0.15, -0.1) is 0 Å². The molecule has 2 aromatic rings. The largest absolute Gasteiger partial charge is 0.382 e. The van der Waals surface area contributed by atoms with Gasteiger partial charge in [0.15, 0.2) is 0 Å². The average Bonchev–Trinajstić information content (AvgIpc) is 2.55. The molecule has 6 heteroatoms. The molecule has 0 atom stereocenters. The number of hydrogen-bond donors (Lipinski definition) is 4. The maximum Gasteiger partial charge on any atom is 0.256 e. The Morgan fingerprint density at radius 2 is 1.52 bits per heavy atom. The van der Waals surface area contributed by atoms with Crippen LogP contribution < -0.4 is 16.9 Å². The van der Waals surface area contributed by atoms with E-state index in [0.29, 0.717) is 16.7 Å². The molecule has 6 nitrogen and oxygen atoms in total. The number of amides is 1. The Bertz CT molecular complexity index is 677. The molecule has 2 rings (SSSR count). The summed E-state index contributed by atoms with van der Waals surface area (Å²) in [5, 5.41) is 13.8. The van der Waals surface area contributed by atoms with Crippen molar-refractivity contribution in [2.24, 2.45) is 16.7 Å². The molecule has 0 heterocycles. The van der Waals surface area contributed by atoms with Crippen LogP contribution in [0.1, 0.15) is 21.5 Å². The molecule has 0 saturated heterocycles. The average molecular weight is 281 g/mol. The van der Waals surface area contributed by atoms with Crippen molar-refractivity contribution in [1.29, 1.82) is 5.41 Å². The third-order valence-electron chi connectivity index (χ3n) is 2.88. The number of benzene rings is 2. The number of nitrogens with zero attached hydrogens (tertiary/aromatic N) is 1. The molecule has 0 aromatic heterocycles. The van der Waals surface area contributed by atoms with Gasteiger partial charge in [0.2, 0.25) is 0 Å². The first-order valence-corrected chi connectivity index (χ1v) is 6.21. The summed E-state index contributed by atoms with van der Waals surface area (Å²) in [7, 11) is 0. The highest BCUT2D eigenvalue weighted by Gasteiger charge is 2.09. The summed E-state index contributed by atoms with van der Waals surface area (Å²) >= 11 is 0. The lowest BCUT2D eigenvalue weighted by molar-refractivity contribution is 0.0977. The first-order chi connectivity index (χ1) is 10.1. The molecule has 0 aliphatic heterocycles. The molecular formula is C15H15N5O. The van der Waals surface area contributed by atoms with E-state index in [4.69, 9.17) is 17.0 Å². The molecule has 0 bridgehead atoms. The second kappa shape index (κ2) is 6.33. The Morgan fingerprint density at radius 3 is 2.10 bits per heavy atom. The van der Waals surface area contributed by atoms with Crippen LogP contribution in [0.3, 0.4) is 0 Å². The minimum atomic E-state index is -0.326. The fraction of sp³-hybridized carbons (Fsp3) is 0. The molecule has 6 N–H and O–H groups in total. The molecule has 2 aromatic carbocycles. The van der Waals surface area contributed by atoms with Crippen molar-refractivity contribution in [1.82, 2.24) is 5.32 Å². The number of amidine groups is 2. The predicted molar refractivity (Wildman–Crippen MR) is 82.1 cm³/mol. The number of rotatable bonds is 3. The van der Waals surface area contributed by atoms with Crippen LogP contribution in [0.2, 0.25) is 0 Å². The summed E-state index contributed by atoms with van der Waals surface area (Å²) in [5.74, 6) is 4.99. The van der Waals surface area contributed by atoms with Gasteiger partial charge in [0, 0.05) is 16.7 Å². The number of carbonyl (C=O) groups excluding carboxylic acids is 1. The van der Waals surface area contributed by atoms with Crippen LogP contribution in [-0.4, -0.2) is 17.6 Å². The fourth-order valence-corrected chi connectivity index (χ4v) is 1.73. The summed E-state index contributed by atoms with van der Waals surface area (Å²) in [6.45, 7) is 0. The fourth-order valence-electron chi connectivity index (χ4n) is 1.73. The van der Waals surface area contributed by atoms with E-state index in [1.807, 2.05) is 6.07 Å². The standard InChI is InChI=1S/C15H15N5O/c16-13(19-15(21)12-4-2-1-3-5-12)10-6-8-11(9-7-10)14(17)20-18/h1-9H,18H2,(H2,17,20)(H2,16,19,21). The molecule has 0 aliphatic rings. The van der Waals surface area contributed by atoms with Crippen LogP contribution in [0.25, 0.3) is 0 Å². The number of nitrogens with two attached hydrogens (primary N) is 2. The maximum absolute atomic E-state index is 11.9. The quantitative estimate of drug-likeness (QED) is 0.291. The van der Waals surface area contributed by atoms with Gasteiger partial charge in [-0.05, 0) is 12.1 Å². The van der Waals surface area contributed by atoms with E-state index in [1.165, 1.54) is 0 Å². The van der Waals surface area contributed by atoms with Gasteiger partial charge in [-0.25, -0.2) is 0 Å². The lowest BCUT2D eigenvalue weighted by Gasteiger charge is -2.07. The van der Waals surface area contributed by atoms with Crippen molar-refractivity contribution in [3.05, 3.63) is 71.3 Å². The number of nitrogens with one attached hydrogen (secondary N) is 2. The molecular weight excluding hydrogens is 266 g/mol. The van der Waals surface area contributed by atoms with Crippen molar-refractivity contribution in [2.45, 2.75) is 0 Å². The summed E-state index contributed by atoms with van der Waals surface area (Å²) in [4.78, 5) is 11.9. The Kier molecular flexibility index (Phi) is 4.30. The van der Waals surface area contributed by atoms with Crippen LogP contribution in [0.5, 0.6) is 0 Å². The molecule has 0 spiro atoms. The number of carbonyl (C=O) groups is 1. The van der Waals surface area contributed by atoms with E-state index in [0.717, 1.165) is 0 Å². The lowest BCUT2D eigenvalue weighted by Crippen LogP contribution is -2.30. The van der Waals surface area contributed by atoms with Crippen molar-refractivity contribution >= 4 is 17.6 Å². The van der Waals surface area contributed by atoms with Gasteiger partial charge in [0.25, 0.3) is 5.91 Å². The monoisotopic (exact) mass is 281 g/mol. The molecule has 21 heavy (non-hydrogen) atoms. The summed E-state index contributed by atoms with van der Waals surface area (Å²) < 4.78 is 0. The third kappa shape index (κ3) is 3.44. The van der Waals surface area contributed by atoms with Gasteiger partial charge in [-0.3, -0.25) is 10.2 Å². The van der Waals surface area contributed by atoms with Gasteiger partial charge in [0.1, 0.15) is 11.7 Å². The third-order valence-corrected chi connectivity index (χ3v) is 2.88. The molecule has 0 radical (unpaired) electrons. The first kappa shape index (κ1) is 14.3. The molecule has 0 fully saturated rings. The number of hydrazone groups is 1. The van der Waals surface area contributed by atoms with Gasteiger partial charge >= 0.3 is 0 Å². The molecule has 0 aliphatic carbocycles. The lowest BCUT2D eigenvalue weighted by atomic mass is 10.1. The molecule has 0 saturated carbocycles. The van der Waals surface area contributed by atoms with Crippen LogP contribution in [0.4, 0.5) is 0 Å². The van der Waals surface area contributed by atoms with Crippen molar-refractivity contribution < 1.29 is 4.79 Å². The summed E-state index contributed by atoms with van der Waals surface area (Å²) in [6.07, 6.45) is 0. The molecule has 1 amide bonds. The second-order valence-corrected chi connectivity index (χ2v) is 4.29.